The first-order valence-electron chi connectivity index (χ1n) is 7.55. The molecule has 1 aliphatic heterocycles. The molecule has 1 fully saturated rings. The van der Waals surface area contributed by atoms with Gasteiger partial charge in [-0.2, -0.15) is 5.26 Å². The Bertz CT molecular complexity index is 678. The summed E-state index contributed by atoms with van der Waals surface area (Å²) in [5.41, 5.74) is 0.917. The van der Waals surface area contributed by atoms with E-state index in [0.29, 0.717) is 6.54 Å². The van der Waals surface area contributed by atoms with Crippen molar-refractivity contribution in [3.8, 4) is 11.8 Å². The molecule has 2 atom stereocenters. The fourth-order valence-electron chi connectivity index (χ4n) is 2.70. The number of carbonyl (C=O) groups excluding carboxylic acids is 3. The average molecular weight is 329 g/mol. The van der Waals surface area contributed by atoms with Crippen LogP contribution in [0.15, 0.2) is 24.3 Å². The summed E-state index contributed by atoms with van der Waals surface area (Å²) in [6.45, 7) is 0.600. The van der Waals surface area contributed by atoms with Gasteiger partial charge in [-0.05, 0) is 17.7 Å². The van der Waals surface area contributed by atoms with Crippen molar-refractivity contribution in [1.29, 1.82) is 5.26 Å². The van der Waals surface area contributed by atoms with Crippen LogP contribution in [0, 0.1) is 23.2 Å². The highest BCUT2D eigenvalue weighted by atomic mass is 16.5. The van der Waals surface area contributed by atoms with Gasteiger partial charge in [0, 0.05) is 32.5 Å². The number of carbonyl (C=O) groups is 3. The summed E-state index contributed by atoms with van der Waals surface area (Å²) in [5, 5.41) is 11.3. The van der Waals surface area contributed by atoms with E-state index in [4.69, 9.17) is 10.00 Å². The van der Waals surface area contributed by atoms with E-state index in [9.17, 15) is 14.4 Å². The van der Waals surface area contributed by atoms with Crippen LogP contribution in [0.3, 0.4) is 0 Å². The number of rotatable bonds is 6. The summed E-state index contributed by atoms with van der Waals surface area (Å²) in [4.78, 5) is 37.6. The number of hydrogen-bond donors (Lipinski definition) is 1. The van der Waals surface area contributed by atoms with Crippen LogP contribution < -0.4 is 10.1 Å². The van der Waals surface area contributed by atoms with E-state index >= 15 is 0 Å². The number of nitriles is 1. The maximum absolute atomic E-state index is 12.3. The Balaban J connectivity index is 2.03. The van der Waals surface area contributed by atoms with Gasteiger partial charge in [0.25, 0.3) is 0 Å². The molecule has 0 aromatic heterocycles. The molecule has 126 valence electrons. The second-order valence-corrected chi connectivity index (χ2v) is 5.60. The Morgan fingerprint density at radius 1 is 1.42 bits per heavy atom. The van der Waals surface area contributed by atoms with Crippen LogP contribution >= 0.6 is 0 Å². The zero-order valence-corrected chi connectivity index (χ0v) is 13.6. The number of amides is 2. The number of Topliss-reactive ketones (excluding diaryl/α,β-unsaturated/α-hetero) is 1. The fraction of sp³-hybridized carbons (Fsp3) is 0.412. The van der Waals surface area contributed by atoms with Crippen LogP contribution in [-0.4, -0.2) is 43.2 Å². The van der Waals surface area contributed by atoms with Crippen LogP contribution in [0.4, 0.5) is 0 Å². The summed E-state index contributed by atoms with van der Waals surface area (Å²) in [5.74, 6) is -2.56. The Kier molecular flexibility index (Phi) is 5.53. The van der Waals surface area contributed by atoms with Crippen molar-refractivity contribution in [2.45, 2.75) is 13.0 Å². The van der Waals surface area contributed by atoms with Gasteiger partial charge in [-0.25, -0.2) is 0 Å². The number of methoxy groups -OCH3 is 1. The number of ketones is 1. The second-order valence-electron chi connectivity index (χ2n) is 5.60. The number of hydrogen-bond acceptors (Lipinski definition) is 5. The zero-order chi connectivity index (χ0) is 17.7. The standard InChI is InChI=1S/C17H19N3O4/c1-19-17(23)14(8-18)16(22)12-7-15(21)20(10-12)9-11-3-5-13(24-2)6-4-11/h3-6,12,14H,7,9-10H2,1-2H3,(H,19,23)/t12-,14+/m0/s1. The largest absolute Gasteiger partial charge is 0.497 e. The molecular formula is C17H19N3O4. The molecule has 0 saturated carbocycles. The van der Waals surface area contributed by atoms with E-state index in [-0.39, 0.29) is 18.9 Å². The minimum atomic E-state index is -1.37. The molecule has 0 unspecified atom stereocenters. The van der Waals surface area contributed by atoms with E-state index in [1.807, 2.05) is 12.1 Å². The first-order valence-corrected chi connectivity index (χ1v) is 7.55. The first kappa shape index (κ1) is 17.5. The summed E-state index contributed by atoms with van der Waals surface area (Å²) in [7, 11) is 2.95. The molecule has 24 heavy (non-hydrogen) atoms. The van der Waals surface area contributed by atoms with Crippen LogP contribution in [0.2, 0.25) is 0 Å². The Morgan fingerprint density at radius 3 is 2.62 bits per heavy atom. The highest BCUT2D eigenvalue weighted by molar-refractivity contribution is 6.06. The molecule has 7 heteroatoms. The predicted molar refractivity (Wildman–Crippen MR) is 84.7 cm³/mol. The van der Waals surface area contributed by atoms with E-state index < -0.39 is 23.5 Å². The molecule has 0 radical (unpaired) electrons. The van der Waals surface area contributed by atoms with Crippen molar-refractivity contribution in [2.75, 3.05) is 20.7 Å². The van der Waals surface area contributed by atoms with Gasteiger partial charge in [-0.15, -0.1) is 0 Å². The maximum atomic E-state index is 12.3. The van der Waals surface area contributed by atoms with E-state index in [2.05, 4.69) is 5.32 Å². The van der Waals surface area contributed by atoms with Gasteiger partial charge in [-0.1, -0.05) is 12.1 Å². The normalized spacial score (nSPS) is 18.0. The maximum Gasteiger partial charge on any atom is 0.244 e. The van der Waals surface area contributed by atoms with Gasteiger partial charge in [0.15, 0.2) is 11.7 Å². The minimum absolute atomic E-state index is 0.0319. The van der Waals surface area contributed by atoms with E-state index in [1.165, 1.54) is 7.05 Å². The summed E-state index contributed by atoms with van der Waals surface area (Å²) < 4.78 is 5.09. The lowest BCUT2D eigenvalue weighted by Crippen LogP contribution is -2.36. The van der Waals surface area contributed by atoms with Gasteiger partial charge in [-0.3, -0.25) is 14.4 Å². The quantitative estimate of drug-likeness (QED) is 0.766. The molecule has 2 amide bonds. The third-order valence-electron chi connectivity index (χ3n) is 4.07. The van der Waals surface area contributed by atoms with Crippen molar-refractivity contribution < 1.29 is 19.1 Å². The molecule has 0 aliphatic carbocycles. The molecule has 7 nitrogen and oxygen atoms in total. The van der Waals surface area contributed by atoms with Crippen LogP contribution in [0.5, 0.6) is 5.75 Å². The highest BCUT2D eigenvalue weighted by Crippen LogP contribution is 2.24. The minimum Gasteiger partial charge on any atom is -0.497 e. The third-order valence-corrected chi connectivity index (χ3v) is 4.07. The summed E-state index contributed by atoms with van der Waals surface area (Å²) in [6.07, 6.45) is 0.0319. The molecule has 0 spiro atoms. The predicted octanol–water partition coefficient (Wildman–Crippen LogP) is 0.499. The zero-order valence-electron chi connectivity index (χ0n) is 13.6. The Morgan fingerprint density at radius 2 is 2.08 bits per heavy atom. The van der Waals surface area contributed by atoms with Gasteiger partial charge >= 0.3 is 0 Å². The Labute approximate surface area is 140 Å². The van der Waals surface area contributed by atoms with Gasteiger partial charge < -0.3 is 15.0 Å². The van der Waals surface area contributed by atoms with Crippen LogP contribution in [0.1, 0.15) is 12.0 Å². The molecule has 1 N–H and O–H groups in total. The number of nitrogens with zero attached hydrogens (tertiary/aromatic N) is 2. The van der Waals surface area contributed by atoms with Crippen molar-refractivity contribution in [2.24, 2.45) is 11.8 Å². The molecule has 1 saturated heterocycles. The highest BCUT2D eigenvalue weighted by Gasteiger charge is 2.39. The number of likely N-dealkylation sites (tertiary alicyclic amines) is 1. The topological polar surface area (TPSA) is 99.5 Å². The van der Waals surface area contributed by atoms with Crippen molar-refractivity contribution in [1.82, 2.24) is 10.2 Å². The average Bonchev–Trinajstić information content (AvgIpc) is 2.96. The Hall–Kier alpha value is -2.88. The first-order chi connectivity index (χ1) is 11.5. The number of benzene rings is 1. The molecule has 2 rings (SSSR count). The molecule has 1 heterocycles. The van der Waals surface area contributed by atoms with Crippen LogP contribution in [0.25, 0.3) is 0 Å². The summed E-state index contributed by atoms with van der Waals surface area (Å²) in [6, 6.07) is 9.02. The van der Waals surface area contributed by atoms with Crippen LogP contribution in [-0.2, 0) is 20.9 Å². The van der Waals surface area contributed by atoms with E-state index in [1.54, 1.807) is 30.2 Å². The summed E-state index contributed by atoms with van der Waals surface area (Å²) >= 11 is 0. The smallest absolute Gasteiger partial charge is 0.244 e. The lowest BCUT2D eigenvalue weighted by Gasteiger charge is -2.17. The second kappa shape index (κ2) is 7.59. The molecule has 1 aromatic rings. The molecular weight excluding hydrogens is 310 g/mol. The molecule has 0 bridgehead atoms. The third kappa shape index (κ3) is 3.71. The van der Waals surface area contributed by atoms with E-state index in [0.717, 1.165) is 11.3 Å². The molecule has 1 aromatic carbocycles. The van der Waals surface area contributed by atoms with Crippen molar-refractivity contribution in [3.63, 3.8) is 0 Å². The lowest BCUT2D eigenvalue weighted by molar-refractivity contribution is -0.134. The monoisotopic (exact) mass is 329 g/mol. The van der Waals surface area contributed by atoms with Crippen molar-refractivity contribution >= 4 is 17.6 Å². The lowest BCUT2D eigenvalue weighted by atomic mass is 9.92. The molecule has 1 aliphatic rings. The van der Waals surface area contributed by atoms with Gasteiger partial charge in [0.1, 0.15) is 5.75 Å². The SMILES string of the molecule is CNC(=O)[C@H](C#N)C(=O)[C@H]1CC(=O)N(Cc2ccc(OC)cc2)C1. The fourth-order valence-corrected chi connectivity index (χ4v) is 2.70. The number of nitrogens with one attached hydrogen (secondary N) is 1. The van der Waals surface area contributed by atoms with Gasteiger partial charge in [0.05, 0.1) is 13.2 Å². The van der Waals surface area contributed by atoms with Gasteiger partial charge in [0.2, 0.25) is 11.8 Å². The van der Waals surface area contributed by atoms with Crippen molar-refractivity contribution in [3.05, 3.63) is 29.8 Å². The number of ether oxygens (including phenoxy) is 1.